The first-order chi connectivity index (χ1) is 13.4. The number of halogens is 2. The molecule has 0 aliphatic carbocycles. The number of hydrogen-bond donors (Lipinski definition) is 1. The van der Waals surface area contributed by atoms with E-state index in [4.69, 9.17) is 11.6 Å². The zero-order valence-corrected chi connectivity index (χ0v) is 16.6. The Morgan fingerprint density at radius 2 is 1.79 bits per heavy atom. The third kappa shape index (κ3) is 5.10. The Morgan fingerprint density at radius 1 is 1.14 bits per heavy atom. The molecule has 0 spiro atoms. The van der Waals surface area contributed by atoms with Gasteiger partial charge in [-0.1, -0.05) is 29.8 Å². The van der Waals surface area contributed by atoms with E-state index in [9.17, 15) is 14.0 Å². The van der Waals surface area contributed by atoms with Crippen LogP contribution in [0.1, 0.15) is 35.7 Å². The fraction of sp³-hybridized carbons (Fsp3) is 0.364. The summed E-state index contributed by atoms with van der Waals surface area (Å²) in [5.74, 6) is -0.566. The summed E-state index contributed by atoms with van der Waals surface area (Å²) < 4.78 is 13.0. The first-order valence-electron chi connectivity index (χ1n) is 9.52. The predicted molar refractivity (Wildman–Crippen MR) is 108 cm³/mol. The average Bonchev–Trinajstić information content (AvgIpc) is 2.70. The molecule has 1 heterocycles. The van der Waals surface area contributed by atoms with E-state index in [-0.39, 0.29) is 29.6 Å². The van der Waals surface area contributed by atoms with Gasteiger partial charge in [0.1, 0.15) is 5.82 Å². The highest BCUT2D eigenvalue weighted by atomic mass is 35.5. The summed E-state index contributed by atoms with van der Waals surface area (Å²) in [5.41, 5.74) is 1.48. The number of nitrogens with zero attached hydrogens (tertiary/aromatic N) is 1. The van der Waals surface area contributed by atoms with E-state index in [0.717, 1.165) is 5.56 Å². The van der Waals surface area contributed by atoms with Crippen molar-refractivity contribution >= 4 is 23.4 Å². The monoisotopic (exact) mass is 402 g/mol. The Kier molecular flexibility index (Phi) is 6.68. The Labute approximate surface area is 169 Å². The van der Waals surface area contributed by atoms with Gasteiger partial charge in [-0.3, -0.25) is 9.59 Å². The molecular weight excluding hydrogens is 379 g/mol. The molecule has 4 nitrogen and oxygen atoms in total. The van der Waals surface area contributed by atoms with Crippen LogP contribution in [0, 0.1) is 11.7 Å². The number of carbonyl (C=O) groups excluding carboxylic acids is 2. The van der Waals surface area contributed by atoms with E-state index < -0.39 is 0 Å². The maximum Gasteiger partial charge on any atom is 0.253 e. The molecule has 3 rings (SSSR count). The largest absolute Gasteiger partial charge is 0.353 e. The van der Waals surface area contributed by atoms with Gasteiger partial charge in [0.25, 0.3) is 5.91 Å². The lowest BCUT2D eigenvalue weighted by atomic mass is 9.94. The van der Waals surface area contributed by atoms with Crippen LogP contribution in [0.15, 0.2) is 48.5 Å². The number of amides is 2. The van der Waals surface area contributed by atoms with Crippen LogP contribution in [0.3, 0.4) is 0 Å². The third-order valence-corrected chi connectivity index (χ3v) is 5.49. The van der Waals surface area contributed by atoms with Crippen molar-refractivity contribution in [2.75, 3.05) is 13.1 Å². The molecule has 1 aliphatic heterocycles. The smallest absolute Gasteiger partial charge is 0.253 e. The lowest BCUT2D eigenvalue weighted by Gasteiger charge is -2.32. The summed E-state index contributed by atoms with van der Waals surface area (Å²) in [6.45, 7) is 3.01. The van der Waals surface area contributed by atoms with Gasteiger partial charge >= 0.3 is 0 Å². The highest BCUT2D eigenvalue weighted by Gasteiger charge is 2.28. The van der Waals surface area contributed by atoms with Gasteiger partial charge in [0.2, 0.25) is 5.91 Å². The first-order valence-corrected chi connectivity index (χ1v) is 9.90. The highest BCUT2D eigenvalue weighted by molar-refractivity contribution is 6.31. The van der Waals surface area contributed by atoms with Crippen LogP contribution in [-0.2, 0) is 11.2 Å². The molecule has 1 atom stereocenters. The first kappa shape index (κ1) is 20.3. The van der Waals surface area contributed by atoms with Crippen LogP contribution in [0.2, 0.25) is 5.02 Å². The third-order valence-electron chi connectivity index (χ3n) is 5.12. The summed E-state index contributed by atoms with van der Waals surface area (Å²) in [5, 5.41) is 3.77. The molecule has 1 saturated heterocycles. The molecule has 1 aliphatic rings. The van der Waals surface area contributed by atoms with Gasteiger partial charge in [0.15, 0.2) is 0 Å². The van der Waals surface area contributed by atoms with Gasteiger partial charge in [-0.2, -0.15) is 0 Å². The molecule has 0 aromatic heterocycles. The van der Waals surface area contributed by atoms with Crippen molar-refractivity contribution in [1.82, 2.24) is 10.2 Å². The molecule has 6 heteroatoms. The number of likely N-dealkylation sites (tertiary alicyclic amines) is 1. The predicted octanol–water partition coefficient (Wildman–Crippen LogP) is 4.08. The zero-order valence-electron chi connectivity index (χ0n) is 15.8. The Hall–Kier alpha value is -2.40. The molecule has 28 heavy (non-hydrogen) atoms. The van der Waals surface area contributed by atoms with Crippen molar-refractivity contribution < 1.29 is 14.0 Å². The molecule has 2 amide bonds. The number of piperidine rings is 1. The molecule has 2 aromatic carbocycles. The van der Waals surface area contributed by atoms with E-state index in [1.165, 1.54) is 24.3 Å². The second-order valence-corrected chi connectivity index (χ2v) is 7.69. The number of carbonyl (C=O) groups is 2. The second-order valence-electron chi connectivity index (χ2n) is 7.28. The Balaban J connectivity index is 1.49. The summed E-state index contributed by atoms with van der Waals surface area (Å²) in [7, 11) is 0. The molecule has 0 bridgehead atoms. The van der Waals surface area contributed by atoms with Crippen molar-refractivity contribution in [2.45, 2.75) is 32.2 Å². The normalized spacial score (nSPS) is 15.9. The quantitative estimate of drug-likeness (QED) is 0.819. The molecule has 1 fully saturated rings. The minimum Gasteiger partial charge on any atom is -0.353 e. The van der Waals surface area contributed by atoms with Crippen LogP contribution < -0.4 is 5.32 Å². The Bertz CT molecular complexity index is 833. The maximum absolute atomic E-state index is 13.0. The van der Waals surface area contributed by atoms with E-state index in [1.54, 1.807) is 4.90 Å². The lowest BCUT2D eigenvalue weighted by Crippen LogP contribution is -2.45. The van der Waals surface area contributed by atoms with Crippen molar-refractivity contribution in [3.05, 3.63) is 70.5 Å². The van der Waals surface area contributed by atoms with Crippen LogP contribution in [-0.4, -0.2) is 35.8 Å². The van der Waals surface area contributed by atoms with Crippen LogP contribution >= 0.6 is 11.6 Å². The average molecular weight is 403 g/mol. The minimum absolute atomic E-state index is 0.0217. The maximum atomic E-state index is 13.0. The van der Waals surface area contributed by atoms with Gasteiger partial charge in [-0.25, -0.2) is 4.39 Å². The highest BCUT2D eigenvalue weighted by Crippen LogP contribution is 2.21. The zero-order chi connectivity index (χ0) is 20.1. The standard InChI is InChI=1S/C22H24ClFN2O2/c1-15(14-18-4-2-3-5-20(18)23)25-21(27)16-10-12-26(13-11-16)22(28)17-6-8-19(24)9-7-17/h2-9,15-16H,10-14H2,1H3,(H,25,27). The Morgan fingerprint density at radius 3 is 2.43 bits per heavy atom. The number of rotatable bonds is 5. The van der Waals surface area contributed by atoms with Gasteiger partial charge in [-0.15, -0.1) is 0 Å². The van der Waals surface area contributed by atoms with Crippen molar-refractivity contribution in [2.24, 2.45) is 5.92 Å². The van der Waals surface area contributed by atoms with Gasteiger partial charge in [0.05, 0.1) is 0 Å². The lowest BCUT2D eigenvalue weighted by molar-refractivity contribution is -0.126. The molecule has 1 unspecified atom stereocenters. The summed E-state index contributed by atoms with van der Waals surface area (Å²) in [4.78, 5) is 26.8. The molecule has 148 valence electrons. The second kappa shape index (κ2) is 9.20. The summed E-state index contributed by atoms with van der Waals surface area (Å²) >= 11 is 6.19. The van der Waals surface area contributed by atoms with E-state index in [1.807, 2.05) is 31.2 Å². The fourth-order valence-electron chi connectivity index (χ4n) is 3.53. The topological polar surface area (TPSA) is 49.4 Å². The molecule has 1 N–H and O–H groups in total. The number of hydrogen-bond acceptors (Lipinski definition) is 2. The van der Waals surface area contributed by atoms with Gasteiger partial charge in [0, 0.05) is 35.6 Å². The van der Waals surface area contributed by atoms with Gasteiger partial charge < -0.3 is 10.2 Å². The van der Waals surface area contributed by atoms with Crippen LogP contribution in [0.4, 0.5) is 4.39 Å². The molecule has 0 saturated carbocycles. The van der Waals surface area contributed by atoms with E-state index >= 15 is 0 Å². The van der Waals surface area contributed by atoms with Crippen LogP contribution in [0.5, 0.6) is 0 Å². The van der Waals surface area contributed by atoms with E-state index in [2.05, 4.69) is 5.32 Å². The van der Waals surface area contributed by atoms with E-state index in [0.29, 0.717) is 42.9 Å². The van der Waals surface area contributed by atoms with Crippen molar-refractivity contribution in [3.63, 3.8) is 0 Å². The van der Waals surface area contributed by atoms with Crippen molar-refractivity contribution in [3.8, 4) is 0 Å². The molecule has 2 aromatic rings. The fourth-order valence-corrected chi connectivity index (χ4v) is 3.74. The molecule has 0 radical (unpaired) electrons. The van der Waals surface area contributed by atoms with Crippen LogP contribution in [0.25, 0.3) is 0 Å². The van der Waals surface area contributed by atoms with Gasteiger partial charge in [-0.05, 0) is 62.1 Å². The van der Waals surface area contributed by atoms with Crippen molar-refractivity contribution in [1.29, 1.82) is 0 Å². The SMILES string of the molecule is CC(Cc1ccccc1Cl)NC(=O)C1CCN(C(=O)c2ccc(F)cc2)CC1. The minimum atomic E-state index is -0.363. The number of nitrogens with one attached hydrogen (secondary N) is 1. The number of benzene rings is 2. The summed E-state index contributed by atoms with van der Waals surface area (Å²) in [6.07, 6.45) is 1.92. The molecular formula is C22H24ClFN2O2. The summed E-state index contributed by atoms with van der Waals surface area (Å²) in [6, 6.07) is 13.2.